The van der Waals surface area contributed by atoms with Gasteiger partial charge >= 0.3 is 17.2 Å². The van der Waals surface area contributed by atoms with Crippen molar-refractivity contribution < 1.29 is 41.8 Å². The van der Waals surface area contributed by atoms with Gasteiger partial charge in [-0.25, -0.2) is 13.1 Å². The van der Waals surface area contributed by atoms with Gasteiger partial charge in [0.15, 0.2) is 6.23 Å². The fourth-order valence-corrected chi connectivity index (χ4v) is 2.82. The van der Waals surface area contributed by atoms with Gasteiger partial charge in [-0.2, -0.15) is 4.99 Å². The van der Waals surface area contributed by atoms with E-state index in [-0.39, 0.29) is 12.2 Å². The molecular formula is C10H17F2N3O7P2. The molecule has 1 aliphatic rings. The Labute approximate surface area is 138 Å². The number of carbonyl (C=O) groups is 1. The van der Waals surface area contributed by atoms with E-state index in [9.17, 15) is 18.5 Å². The van der Waals surface area contributed by atoms with Crippen molar-refractivity contribution in [2.45, 2.75) is 24.7 Å². The van der Waals surface area contributed by atoms with E-state index in [0.29, 0.717) is 0 Å². The highest BCUT2D eigenvalue weighted by atomic mass is 31.2. The molecule has 0 radical (unpaired) electrons. The lowest BCUT2D eigenvalue weighted by Crippen LogP contribution is -2.40. The highest BCUT2D eigenvalue weighted by Crippen LogP contribution is 2.47. The van der Waals surface area contributed by atoms with Gasteiger partial charge in [0.1, 0.15) is 5.84 Å². The molecule has 1 saturated heterocycles. The molecule has 1 fully saturated rings. The van der Waals surface area contributed by atoms with Gasteiger partial charge in [0.05, 0.1) is 12.7 Å². The number of nitrogens with two attached hydrogens (primary N) is 1. The fraction of sp³-hybridized carbons (Fsp3) is 0.600. The molecule has 3 atom stereocenters. The molecule has 0 aromatic rings. The summed E-state index contributed by atoms with van der Waals surface area (Å²) in [5.74, 6) is -3.38. The van der Waals surface area contributed by atoms with E-state index in [1.807, 2.05) is 0 Å². The third-order valence-corrected chi connectivity index (χ3v) is 4.26. The first-order chi connectivity index (χ1) is 11.2. The highest BCUT2D eigenvalue weighted by molar-refractivity contribution is 7.54. The predicted octanol–water partition coefficient (Wildman–Crippen LogP) is 0.160. The van der Waals surface area contributed by atoms with Crippen molar-refractivity contribution >= 4 is 29.5 Å². The third kappa shape index (κ3) is 6.96. The number of amidine groups is 1. The summed E-state index contributed by atoms with van der Waals surface area (Å²) in [6.45, 7) is -0.427. The molecule has 1 aliphatic heterocycles. The number of rotatable bonds is 9. The van der Waals surface area contributed by atoms with Gasteiger partial charge in [0.2, 0.25) is 6.41 Å². The zero-order valence-corrected chi connectivity index (χ0v) is 14.2. The summed E-state index contributed by atoms with van der Waals surface area (Å²) >= 11 is 0. The highest BCUT2D eigenvalue weighted by Gasteiger charge is 2.52. The predicted molar refractivity (Wildman–Crippen MR) is 80.3 cm³/mol. The molecule has 138 valence electrons. The molecular weight excluding hydrogens is 374 g/mol. The minimum absolute atomic E-state index is 0.161. The number of carbonyl (C=O) groups excluding carboxylic acids is 1. The summed E-state index contributed by atoms with van der Waals surface area (Å²) in [6.07, 6.45) is -0.797. The molecule has 10 nitrogen and oxygen atoms in total. The van der Waals surface area contributed by atoms with Crippen LogP contribution < -0.4 is 5.73 Å². The quantitative estimate of drug-likeness (QED) is 0.187. The lowest BCUT2D eigenvalue weighted by atomic mass is 10.2. The van der Waals surface area contributed by atoms with Crippen LogP contribution in [-0.4, -0.2) is 63.7 Å². The molecule has 1 amide bonds. The molecule has 0 spiro atoms. The summed E-state index contributed by atoms with van der Waals surface area (Å²) < 4.78 is 42.0. The number of hydrogen-bond donors (Lipinski definition) is 4. The van der Waals surface area contributed by atoms with Crippen molar-refractivity contribution in [3.63, 3.8) is 0 Å². The van der Waals surface area contributed by atoms with Crippen LogP contribution in [0.5, 0.6) is 0 Å². The zero-order valence-electron chi connectivity index (χ0n) is 12.4. The molecule has 0 bridgehead atoms. The van der Waals surface area contributed by atoms with E-state index in [0.717, 1.165) is 11.0 Å². The maximum Gasteiger partial charge on any atom is 0.337 e. The third-order valence-electron chi connectivity index (χ3n) is 2.75. The van der Waals surface area contributed by atoms with E-state index in [2.05, 4.69) is 9.30 Å². The van der Waals surface area contributed by atoms with Crippen molar-refractivity contribution in [2.24, 2.45) is 10.7 Å². The summed E-state index contributed by atoms with van der Waals surface area (Å²) in [6, 6.07) is 0. The van der Waals surface area contributed by atoms with Gasteiger partial charge in [-0.15, -0.1) is 0 Å². The number of ether oxygens (including phenoxy) is 1. The van der Waals surface area contributed by atoms with Crippen LogP contribution in [0.2, 0.25) is 0 Å². The minimum atomic E-state index is -3.22. The Hall–Kier alpha value is -0.840. The molecule has 0 saturated carbocycles. The van der Waals surface area contributed by atoms with E-state index in [1.165, 1.54) is 13.2 Å². The standard InChI is InChI=1S/C10H17F2N3O7P2/c1-15(3-2-8(13)14-6-16)9-10(11,12)4-7(21-9)5-20-24(19)22-23(17)18/h2-3,6-7,9,17-19H,4-5H2,1H3,(H2,13,14,16)/b3-2-. The Kier molecular flexibility index (Phi) is 8.48. The normalized spacial score (nSPS) is 25.4. The summed E-state index contributed by atoms with van der Waals surface area (Å²) in [5.41, 5.74) is 5.32. The summed E-state index contributed by atoms with van der Waals surface area (Å²) in [4.78, 5) is 40.6. The number of amides is 1. The average molecular weight is 391 g/mol. The summed E-state index contributed by atoms with van der Waals surface area (Å²) in [7, 11) is -4.10. The van der Waals surface area contributed by atoms with Crippen LogP contribution in [0.15, 0.2) is 17.3 Å². The summed E-state index contributed by atoms with van der Waals surface area (Å²) in [5, 5.41) is 0. The Morgan fingerprint density at radius 2 is 2.21 bits per heavy atom. The lowest BCUT2D eigenvalue weighted by Gasteiger charge is -2.26. The number of hydrogen-bond acceptors (Lipinski definition) is 8. The lowest BCUT2D eigenvalue weighted by molar-refractivity contribution is -0.132. The van der Waals surface area contributed by atoms with Crippen molar-refractivity contribution in [3.05, 3.63) is 12.3 Å². The van der Waals surface area contributed by atoms with Gasteiger partial charge in [0, 0.05) is 19.7 Å². The molecule has 1 heterocycles. The average Bonchev–Trinajstić information content (AvgIpc) is 2.77. The second kappa shape index (κ2) is 9.59. The van der Waals surface area contributed by atoms with Crippen LogP contribution in [0.3, 0.4) is 0 Å². The van der Waals surface area contributed by atoms with E-state index in [1.54, 1.807) is 0 Å². The van der Waals surface area contributed by atoms with Crippen LogP contribution >= 0.6 is 17.2 Å². The van der Waals surface area contributed by atoms with Crippen LogP contribution in [-0.2, 0) is 18.4 Å². The zero-order chi connectivity index (χ0) is 18.3. The van der Waals surface area contributed by atoms with Crippen molar-refractivity contribution in [1.29, 1.82) is 0 Å². The van der Waals surface area contributed by atoms with Crippen molar-refractivity contribution in [2.75, 3.05) is 13.7 Å². The monoisotopic (exact) mass is 391 g/mol. The molecule has 3 unspecified atom stereocenters. The van der Waals surface area contributed by atoms with Crippen molar-refractivity contribution in [3.8, 4) is 0 Å². The van der Waals surface area contributed by atoms with Gasteiger partial charge < -0.3 is 34.6 Å². The Balaban J connectivity index is 2.58. The first kappa shape index (κ1) is 21.2. The van der Waals surface area contributed by atoms with Gasteiger partial charge in [-0.3, -0.25) is 4.79 Å². The maximum absolute atomic E-state index is 14.0. The molecule has 14 heteroatoms. The SMILES string of the molecule is CN(/C=C\C(N)=NC=O)C1OC(COP(O)OP(O)O)CC1(F)F. The Morgan fingerprint density at radius 3 is 2.79 bits per heavy atom. The molecule has 1 rings (SSSR count). The fourth-order valence-electron chi connectivity index (χ4n) is 1.84. The number of halogens is 2. The molecule has 0 aliphatic carbocycles. The van der Waals surface area contributed by atoms with Gasteiger partial charge in [-0.05, 0) is 6.08 Å². The van der Waals surface area contributed by atoms with E-state index < -0.39 is 48.5 Å². The molecule has 0 aromatic heterocycles. The minimum Gasteiger partial charge on any atom is -0.384 e. The van der Waals surface area contributed by atoms with Crippen LogP contribution in [0, 0.1) is 0 Å². The number of alkyl halides is 2. The van der Waals surface area contributed by atoms with Crippen LogP contribution in [0.25, 0.3) is 0 Å². The second-order valence-electron chi connectivity index (χ2n) is 4.58. The topological polar surface area (TPSA) is 147 Å². The Morgan fingerprint density at radius 1 is 1.54 bits per heavy atom. The van der Waals surface area contributed by atoms with Crippen LogP contribution in [0.1, 0.15) is 6.42 Å². The molecule has 0 aromatic carbocycles. The van der Waals surface area contributed by atoms with E-state index in [4.69, 9.17) is 24.8 Å². The van der Waals surface area contributed by atoms with Gasteiger partial charge in [0.25, 0.3) is 5.92 Å². The smallest absolute Gasteiger partial charge is 0.337 e. The first-order valence-electron chi connectivity index (χ1n) is 6.34. The largest absolute Gasteiger partial charge is 0.384 e. The van der Waals surface area contributed by atoms with Gasteiger partial charge in [-0.1, -0.05) is 0 Å². The van der Waals surface area contributed by atoms with Crippen LogP contribution in [0.4, 0.5) is 8.78 Å². The van der Waals surface area contributed by atoms with E-state index >= 15 is 0 Å². The maximum atomic E-state index is 14.0. The number of nitrogens with zero attached hydrogens (tertiary/aromatic N) is 2. The Bertz CT molecular complexity index is 483. The molecule has 5 N–H and O–H groups in total. The first-order valence-corrected chi connectivity index (χ1v) is 8.63. The second-order valence-corrected chi connectivity index (χ2v) is 6.48. The number of aliphatic imine (C=N–C) groups is 1. The van der Waals surface area contributed by atoms with Crippen molar-refractivity contribution in [1.82, 2.24) is 4.90 Å². The molecule has 24 heavy (non-hydrogen) atoms.